The molecule has 2 aromatic rings. The van der Waals surface area contributed by atoms with E-state index >= 15 is 0 Å². The maximum Gasteiger partial charge on any atom is 0.242 e. The van der Waals surface area contributed by atoms with Crippen molar-refractivity contribution >= 4 is 16.7 Å². The van der Waals surface area contributed by atoms with Crippen molar-refractivity contribution in [3.63, 3.8) is 0 Å². The first-order valence-electron chi connectivity index (χ1n) is 8.34. The van der Waals surface area contributed by atoms with Crippen LogP contribution < -0.4 is 5.32 Å². The Hall–Kier alpha value is -2.13. The molecule has 134 valence electrons. The second kappa shape index (κ2) is 7.40. The predicted molar refractivity (Wildman–Crippen MR) is 92.9 cm³/mol. The van der Waals surface area contributed by atoms with Crippen molar-refractivity contribution in [1.29, 1.82) is 0 Å². The zero-order valence-electron chi connectivity index (χ0n) is 14.3. The van der Waals surface area contributed by atoms with E-state index in [9.17, 15) is 13.2 Å². The SMILES string of the molecule is CC#Cc1oc2c(NC3CCN(C)CC3F)cccc2c1CC(F)F. The summed E-state index contributed by atoms with van der Waals surface area (Å²) in [7, 11) is 1.89. The van der Waals surface area contributed by atoms with Crippen molar-refractivity contribution in [1.82, 2.24) is 4.90 Å². The minimum Gasteiger partial charge on any atom is -0.445 e. The molecule has 3 nitrogen and oxygen atoms in total. The predicted octanol–water partition coefficient (Wildman–Crippen LogP) is 4.07. The largest absolute Gasteiger partial charge is 0.445 e. The molecule has 1 aliphatic rings. The maximum absolute atomic E-state index is 14.3. The van der Waals surface area contributed by atoms with E-state index < -0.39 is 19.0 Å². The highest BCUT2D eigenvalue weighted by atomic mass is 19.3. The van der Waals surface area contributed by atoms with Gasteiger partial charge in [-0.05, 0) is 32.4 Å². The number of halogens is 3. The molecule has 2 heterocycles. The molecule has 2 unspecified atom stereocenters. The van der Waals surface area contributed by atoms with Crippen molar-refractivity contribution in [3.05, 3.63) is 29.5 Å². The molecule has 0 saturated carbocycles. The lowest BCUT2D eigenvalue weighted by molar-refractivity contribution is 0.149. The first-order valence-corrected chi connectivity index (χ1v) is 8.34. The van der Waals surface area contributed by atoms with Crippen LogP contribution >= 0.6 is 0 Å². The molecule has 1 N–H and O–H groups in total. The van der Waals surface area contributed by atoms with Gasteiger partial charge in [0.05, 0.1) is 11.7 Å². The molecule has 1 aromatic heterocycles. The van der Waals surface area contributed by atoms with Gasteiger partial charge < -0.3 is 14.6 Å². The van der Waals surface area contributed by atoms with Crippen LogP contribution in [-0.2, 0) is 6.42 Å². The molecule has 0 spiro atoms. The molecular formula is C19H21F3N2O. The van der Waals surface area contributed by atoms with Gasteiger partial charge in [0.15, 0.2) is 11.3 Å². The maximum atomic E-state index is 14.3. The van der Waals surface area contributed by atoms with Crippen molar-refractivity contribution in [2.45, 2.75) is 38.4 Å². The molecule has 0 bridgehead atoms. The van der Waals surface area contributed by atoms with Crippen molar-refractivity contribution in [3.8, 4) is 11.8 Å². The Balaban J connectivity index is 1.97. The molecule has 6 heteroatoms. The van der Waals surface area contributed by atoms with Crippen LogP contribution in [0.15, 0.2) is 22.6 Å². The van der Waals surface area contributed by atoms with Gasteiger partial charge in [-0.3, -0.25) is 0 Å². The van der Waals surface area contributed by atoms with Crippen LogP contribution in [0.25, 0.3) is 11.0 Å². The highest BCUT2D eigenvalue weighted by Gasteiger charge is 2.28. The van der Waals surface area contributed by atoms with Crippen LogP contribution in [0.5, 0.6) is 0 Å². The Morgan fingerprint density at radius 1 is 1.40 bits per heavy atom. The van der Waals surface area contributed by atoms with Crippen LogP contribution in [0.4, 0.5) is 18.9 Å². The molecule has 1 aromatic carbocycles. The average molecular weight is 350 g/mol. The number of anilines is 1. The number of piperidine rings is 1. The number of alkyl halides is 3. The molecule has 1 fully saturated rings. The Bertz CT molecular complexity index is 806. The fraction of sp³-hybridized carbons (Fsp3) is 0.474. The van der Waals surface area contributed by atoms with Gasteiger partial charge in [0.1, 0.15) is 6.17 Å². The number of fused-ring (bicyclic) bond motifs is 1. The van der Waals surface area contributed by atoms with E-state index in [1.165, 1.54) is 0 Å². The van der Waals surface area contributed by atoms with E-state index in [2.05, 4.69) is 17.2 Å². The van der Waals surface area contributed by atoms with Gasteiger partial charge in [-0.1, -0.05) is 18.1 Å². The first kappa shape index (κ1) is 17.7. The third-order valence-electron chi connectivity index (χ3n) is 4.50. The quantitative estimate of drug-likeness (QED) is 0.843. The van der Waals surface area contributed by atoms with Gasteiger partial charge in [-0.15, -0.1) is 0 Å². The van der Waals surface area contributed by atoms with Crippen molar-refractivity contribution < 1.29 is 17.6 Å². The number of likely N-dealkylation sites (tertiary alicyclic amines) is 1. The van der Waals surface area contributed by atoms with E-state index in [0.29, 0.717) is 35.2 Å². The minimum absolute atomic E-state index is 0.257. The van der Waals surface area contributed by atoms with Crippen molar-refractivity contribution in [2.24, 2.45) is 0 Å². The second-order valence-corrected chi connectivity index (χ2v) is 6.38. The lowest BCUT2D eigenvalue weighted by Gasteiger charge is -2.33. The molecule has 2 atom stereocenters. The topological polar surface area (TPSA) is 28.4 Å². The average Bonchev–Trinajstić information content (AvgIpc) is 2.89. The fourth-order valence-electron chi connectivity index (χ4n) is 3.27. The van der Waals surface area contributed by atoms with Crippen LogP contribution in [0.2, 0.25) is 0 Å². The van der Waals surface area contributed by atoms with Gasteiger partial charge in [0, 0.05) is 30.5 Å². The Morgan fingerprint density at radius 3 is 2.88 bits per heavy atom. The van der Waals surface area contributed by atoms with E-state index in [-0.39, 0.29) is 11.8 Å². The van der Waals surface area contributed by atoms with E-state index in [0.717, 1.165) is 6.54 Å². The number of para-hydroxylation sites is 1. The normalized spacial score (nSPS) is 21.4. The van der Waals surface area contributed by atoms with Gasteiger partial charge in [0.2, 0.25) is 6.43 Å². The smallest absolute Gasteiger partial charge is 0.242 e. The Labute approximate surface area is 145 Å². The number of nitrogens with zero attached hydrogens (tertiary/aromatic N) is 1. The van der Waals surface area contributed by atoms with Gasteiger partial charge in [-0.25, -0.2) is 13.2 Å². The molecule has 0 radical (unpaired) electrons. The van der Waals surface area contributed by atoms with Gasteiger partial charge >= 0.3 is 0 Å². The molecule has 25 heavy (non-hydrogen) atoms. The summed E-state index contributed by atoms with van der Waals surface area (Å²) in [5, 5.41) is 3.80. The number of furan rings is 1. The summed E-state index contributed by atoms with van der Waals surface area (Å²) in [6.07, 6.45) is -3.24. The van der Waals surface area contributed by atoms with Crippen LogP contribution in [-0.4, -0.2) is 43.7 Å². The summed E-state index contributed by atoms with van der Waals surface area (Å²) < 4.78 is 46.0. The second-order valence-electron chi connectivity index (χ2n) is 6.38. The zero-order chi connectivity index (χ0) is 18.0. The number of hydrogen-bond acceptors (Lipinski definition) is 3. The third kappa shape index (κ3) is 3.77. The van der Waals surface area contributed by atoms with Crippen LogP contribution in [0.3, 0.4) is 0 Å². The summed E-state index contributed by atoms with van der Waals surface area (Å²) in [6.45, 7) is 2.80. The summed E-state index contributed by atoms with van der Waals surface area (Å²) in [5.74, 6) is 5.71. The summed E-state index contributed by atoms with van der Waals surface area (Å²) >= 11 is 0. The standard InChI is InChI=1S/C19H21F3N2O/c1-3-5-17-13(10-18(21)22)12-6-4-7-16(19(12)25-17)23-15-8-9-24(2)11-14(15)20/h4,6-7,14-15,18,23H,8-11H2,1-2H3. The van der Waals surface area contributed by atoms with E-state index in [1.807, 2.05) is 11.9 Å². The van der Waals surface area contributed by atoms with Gasteiger partial charge in [0.25, 0.3) is 0 Å². The molecule has 0 amide bonds. The van der Waals surface area contributed by atoms with Crippen LogP contribution in [0.1, 0.15) is 24.7 Å². The molecule has 3 rings (SSSR count). The zero-order valence-corrected chi connectivity index (χ0v) is 14.3. The number of nitrogens with one attached hydrogen (secondary N) is 1. The molecule has 1 saturated heterocycles. The number of rotatable bonds is 4. The highest BCUT2D eigenvalue weighted by molar-refractivity contribution is 5.93. The molecule has 0 aliphatic carbocycles. The summed E-state index contributed by atoms with van der Waals surface area (Å²) in [6, 6.07) is 4.96. The molecule has 1 aliphatic heterocycles. The summed E-state index contributed by atoms with van der Waals surface area (Å²) in [4.78, 5) is 1.95. The first-order chi connectivity index (χ1) is 12.0. The Morgan fingerprint density at radius 2 is 2.20 bits per heavy atom. The van der Waals surface area contributed by atoms with Crippen molar-refractivity contribution in [2.75, 3.05) is 25.5 Å². The number of benzene rings is 1. The lowest BCUT2D eigenvalue weighted by atomic mass is 10.0. The lowest BCUT2D eigenvalue weighted by Crippen LogP contribution is -2.46. The number of hydrogen-bond donors (Lipinski definition) is 1. The third-order valence-corrected chi connectivity index (χ3v) is 4.50. The summed E-state index contributed by atoms with van der Waals surface area (Å²) in [5.41, 5.74) is 1.49. The fourth-order valence-corrected chi connectivity index (χ4v) is 3.27. The highest BCUT2D eigenvalue weighted by Crippen LogP contribution is 2.33. The van der Waals surface area contributed by atoms with Crippen LogP contribution in [0, 0.1) is 11.8 Å². The van der Waals surface area contributed by atoms with Gasteiger partial charge in [-0.2, -0.15) is 0 Å². The van der Waals surface area contributed by atoms with E-state index in [1.54, 1.807) is 25.1 Å². The molecular weight excluding hydrogens is 329 g/mol. The monoisotopic (exact) mass is 350 g/mol. The van der Waals surface area contributed by atoms with E-state index in [4.69, 9.17) is 4.42 Å². The Kier molecular flexibility index (Phi) is 5.24. The minimum atomic E-state index is -2.49.